The number of allylic oxidation sites excluding steroid dienone is 1. The predicted molar refractivity (Wildman–Crippen MR) is 101 cm³/mol. The number of ether oxygens (including phenoxy) is 2. The molecule has 6 heteroatoms. The molecule has 0 fully saturated rings. The van der Waals surface area contributed by atoms with Gasteiger partial charge in [-0.3, -0.25) is 4.79 Å². The van der Waals surface area contributed by atoms with Gasteiger partial charge in [0.1, 0.15) is 5.82 Å². The van der Waals surface area contributed by atoms with Crippen molar-refractivity contribution in [1.82, 2.24) is 15.3 Å². The Hall–Kier alpha value is -3.28. The summed E-state index contributed by atoms with van der Waals surface area (Å²) in [6.07, 6.45) is 3.91. The normalized spacial score (nSPS) is 11.0. The second-order valence-electron chi connectivity index (χ2n) is 5.68. The zero-order valence-corrected chi connectivity index (χ0v) is 14.8. The van der Waals surface area contributed by atoms with Crippen LogP contribution in [0.15, 0.2) is 48.5 Å². The zero-order valence-electron chi connectivity index (χ0n) is 14.8. The number of hydrogen-bond acceptors (Lipinski definition) is 4. The first-order valence-corrected chi connectivity index (χ1v) is 8.33. The first kappa shape index (κ1) is 17.5. The number of methoxy groups -OCH3 is 1. The summed E-state index contributed by atoms with van der Waals surface area (Å²) in [7, 11) is 1.57. The number of para-hydroxylation sites is 2. The number of carbonyl (C=O) groups is 1. The predicted octanol–water partition coefficient (Wildman–Crippen LogP) is 3.30. The van der Waals surface area contributed by atoms with E-state index in [0.29, 0.717) is 23.9 Å². The highest BCUT2D eigenvalue weighted by Gasteiger charge is 2.09. The van der Waals surface area contributed by atoms with Crippen LogP contribution in [0.5, 0.6) is 11.5 Å². The molecule has 26 heavy (non-hydrogen) atoms. The van der Waals surface area contributed by atoms with Gasteiger partial charge in [-0.2, -0.15) is 0 Å². The lowest BCUT2D eigenvalue weighted by molar-refractivity contribution is -0.123. The smallest absolute Gasteiger partial charge is 0.258 e. The van der Waals surface area contributed by atoms with E-state index in [4.69, 9.17) is 9.47 Å². The minimum atomic E-state index is -0.231. The Morgan fingerprint density at radius 1 is 1.23 bits per heavy atom. The average molecular weight is 351 g/mol. The van der Waals surface area contributed by atoms with Crippen LogP contribution in [0, 0.1) is 0 Å². The lowest BCUT2D eigenvalue weighted by atomic mass is 10.2. The summed E-state index contributed by atoms with van der Waals surface area (Å²) in [5, 5.41) is 2.79. The summed E-state index contributed by atoms with van der Waals surface area (Å²) in [4.78, 5) is 19.6. The fourth-order valence-electron chi connectivity index (χ4n) is 2.57. The Bertz CT molecular complexity index is 898. The van der Waals surface area contributed by atoms with Gasteiger partial charge in [0.25, 0.3) is 5.91 Å². The number of fused-ring (bicyclic) bond motifs is 1. The summed E-state index contributed by atoms with van der Waals surface area (Å²) < 4.78 is 10.9. The maximum Gasteiger partial charge on any atom is 0.258 e. The number of aromatic amines is 1. The lowest BCUT2D eigenvalue weighted by Crippen LogP contribution is -2.28. The standard InChI is InChI=1S/C20H21N3O3/c1-3-6-14-9-10-17(18(11-14)25-2)26-13-20(24)21-12-19-22-15-7-4-5-8-16(15)23-19/h3-11H,12-13H2,1-2H3,(H,21,24)(H,22,23). The summed E-state index contributed by atoms with van der Waals surface area (Å²) in [6, 6.07) is 13.3. The number of H-pyrrole nitrogens is 1. The van der Waals surface area contributed by atoms with E-state index in [1.165, 1.54) is 0 Å². The van der Waals surface area contributed by atoms with Gasteiger partial charge < -0.3 is 19.8 Å². The van der Waals surface area contributed by atoms with E-state index in [1.54, 1.807) is 13.2 Å². The summed E-state index contributed by atoms with van der Waals surface area (Å²) >= 11 is 0. The van der Waals surface area contributed by atoms with Crippen LogP contribution < -0.4 is 14.8 Å². The van der Waals surface area contributed by atoms with Gasteiger partial charge in [0.05, 0.1) is 24.7 Å². The first-order chi connectivity index (χ1) is 12.7. The fraction of sp³-hybridized carbons (Fsp3) is 0.200. The number of carbonyl (C=O) groups excluding carboxylic acids is 1. The van der Waals surface area contributed by atoms with E-state index < -0.39 is 0 Å². The maximum absolute atomic E-state index is 12.0. The van der Waals surface area contributed by atoms with Gasteiger partial charge in [0.2, 0.25) is 0 Å². The van der Waals surface area contributed by atoms with Gasteiger partial charge in [-0.05, 0) is 36.8 Å². The average Bonchev–Trinajstić information content (AvgIpc) is 3.08. The number of nitrogens with one attached hydrogen (secondary N) is 2. The quantitative estimate of drug-likeness (QED) is 0.685. The van der Waals surface area contributed by atoms with Crippen LogP contribution in [0.2, 0.25) is 0 Å². The molecule has 1 aromatic heterocycles. The molecule has 0 aliphatic rings. The summed E-state index contributed by atoms with van der Waals surface area (Å²) in [5.74, 6) is 1.59. The third-order valence-corrected chi connectivity index (χ3v) is 3.80. The lowest BCUT2D eigenvalue weighted by Gasteiger charge is -2.11. The van der Waals surface area contributed by atoms with Crippen LogP contribution in [0.25, 0.3) is 17.1 Å². The molecule has 6 nitrogen and oxygen atoms in total. The molecule has 1 amide bonds. The molecule has 1 heterocycles. The Kier molecular flexibility index (Phi) is 5.53. The number of nitrogens with zero attached hydrogens (tertiary/aromatic N) is 1. The van der Waals surface area contributed by atoms with Crippen molar-refractivity contribution in [3.05, 3.63) is 59.9 Å². The van der Waals surface area contributed by atoms with Crippen molar-refractivity contribution in [2.24, 2.45) is 0 Å². The van der Waals surface area contributed by atoms with E-state index in [0.717, 1.165) is 16.6 Å². The van der Waals surface area contributed by atoms with E-state index in [1.807, 2.05) is 55.5 Å². The third-order valence-electron chi connectivity index (χ3n) is 3.80. The van der Waals surface area contributed by atoms with E-state index in [2.05, 4.69) is 15.3 Å². The number of hydrogen-bond donors (Lipinski definition) is 2. The topological polar surface area (TPSA) is 76.2 Å². The molecule has 0 radical (unpaired) electrons. The Morgan fingerprint density at radius 3 is 2.85 bits per heavy atom. The zero-order chi connectivity index (χ0) is 18.4. The highest BCUT2D eigenvalue weighted by molar-refractivity contribution is 5.78. The Balaban J connectivity index is 1.55. The van der Waals surface area contributed by atoms with Crippen LogP contribution >= 0.6 is 0 Å². The van der Waals surface area contributed by atoms with Gasteiger partial charge >= 0.3 is 0 Å². The molecule has 0 unspecified atom stereocenters. The van der Waals surface area contributed by atoms with E-state index >= 15 is 0 Å². The van der Waals surface area contributed by atoms with Crippen molar-refractivity contribution in [1.29, 1.82) is 0 Å². The third kappa shape index (κ3) is 4.22. The molecule has 3 rings (SSSR count). The molecule has 0 saturated carbocycles. The SMILES string of the molecule is CC=Cc1ccc(OCC(=O)NCc2nc3ccccc3[nH]2)c(OC)c1. The highest BCUT2D eigenvalue weighted by atomic mass is 16.5. The van der Waals surface area contributed by atoms with Gasteiger partial charge in [-0.25, -0.2) is 4.98 Å². The van der Waals surface area contributed by atoms with Crippen molar-refractivity contribution >= 4 is 23.0 Å². The van der Waals surface area contributed by atoms with Gasteiger partial charge in [0.15, 0.2) is 18.1 Å². The summed E-state index contributed by atoms with van der Waals surface area (Å²) in [5.41, 5.74) is 2.82. The second kappa shape index (κ2) is 8.20. The number of amides is 1. The molecule has 0 saturated heterocycles. The van der Waals surface area contributed by atoms with Gasteiger partial charge in [0, 0.05) is 0 Å². The fourth-order valence-corrected chi connectivity index (χ4v) is 2.57. The van der Waals surface area contributed by atoms with Crippen molar-refractivity contribution in [2.45, 2.75) is 13.5 Å². The van der Waals surface area contributed by atoms with Crippen molar-refractivity contribution in [3.63, 3.8) is 0 Å². The van der Waals surface area contributed by atoms with Crippen molar-refractivity contribution in [3.8, 4) is 11.5 Å². The van der Waals surface area contributed by atoms with Crippen molar-refractivity contribution < 1.29 is 14.3 Å². The number of benzene rings is 2. The molecule has 2 aromatic carbocycles. The molecular weight excluding hydrogens is 330 g/mol. The first-order valence-electron chi connectivity index (χ1n) is 8.33. The second-order valence-corrected chi connectivity index (χ2v) is 5.68. The molecule has 3 aromatic rings. The molecule has 134 valence electrons. The van der Waals surface area contributed by atoms with Crippen molar-refractivity contribution in [2.75, 3.05) is 13.7 Å². The van der Waals surface area contributed by atoms with Gasteiger partial charge in [-0.1, -0.05) is 30.4 Å². The Morgan fingerprint density at radius 2 is 2.08 bits per heavy atom. The summed E-state index contributed by atoms with van der Waals surface area (Å²) in [6.45, 7) is 2.16. The highest BCUT2D eigenvalue weighted by Crippen LogP contribution is 2.28. The van der Waals surface area contributed by atoms with Crippen LogP contribution in [-0.4, -0.2) is 29.6 Å². The molecule has 0 bridgehead atoms. The van der Waals surface area contributed by atoms with E-state index in [-0.39, 0.29) is 12.5 Å². The Labute approximate surface area is 151 Å². The van der Waals surface area contributed by atoms with Crippen LogP contribution in [0.4, 0.5) is 0 Å². The molecular formula is C20H21N3O3. The van der Waals surface area contributed by atoms with Crippen LogP contribution in [0.1, 0.15) is 18.3 Å². The minimum absolute atomic E-state index is 0.0977. The number of aromatic nitrogens is 2. The monoisotopic (exact) mass is 351 g/mol. The van der Waals surface area contributed by atoms with E-state index in [9.17, 15) is 4.79 Å². The molecule has 0 spiro atoms. The van der Waals surface area contributed by atoms with Crippen LogP contribution in [-0.2, 0) is 11.3 Å². The number of imidazole rings is 1. The minimum Gasteiger partial charge on any atom is -0.493 e. The van der Waals surface area contributed by atoms with Gasteiger partial charge in [-0.15, -0.1) is 0 Å². The largest absolute Gasteiger partial charge is 0.493 e. The van der Waals surface area contributed by atoms with Crippen LogP contribution in [0.3, 0.4) is 0 Å². The maximum atomic E-state index is 12.0. The molecule has 0 atom stereocenters. The molecule has 2 N–H and O–H groups in total. The number of rotatable bonds is 7. The molecule has 0 aliphatic heterocycles. The molecule has 0 aliphatic carbocycles.